The average Bonchev–Trinajstić information content (AvgIpc) is 2.87. The van der Waals surface area contributed by atoms with Crippen molar-refractivity contribution in [2.24, 2.45) is 5.92 Å². The number of nitro benzene ring substituents is 1. The first-order chi connectivity index (χ1) is 16.1. The topological polar surface area (TPSA) is 78.7 Å². The fraction of sp³-hybridized carbons (Fsp3) is 0.269. The Morgan fingerprint density at radius 2 is 1.73 bits per heavy atom. The lowest BCUT2D eigenvalue weighted by Crippen LogP contribution is -2.61. The number of nitrogens with one attached hydrogen (secondary N) is 1. The molecule has 33 heavy (non-hydrogen) atoms. The number of piperazine rings is 1. The number of fused-ring (bicyclic) bond motifs is 3. The van der Waals surface area contributed by atoms with Crippen LogP contribution in [0.15, 0.2) is 78.9 Å². The first-order valence-electron chi connectivity index (χ1n) is 11.3. The number of non-ortho nitro benzene ring substituents is 1. The molecular weight excluding hydrogens is 416 g/mol. The van der Waals surface area contributed by atoms with Gasteiger partial charge in [-0.3, -0.25) is 14.9 Å². The lowest BCUT2D eigenvalue weighted by Gasteiger charge is -2.49. The summed E-state index contributed by atoms with van der Waals surface area (Å²) < 4.78 is 0. The molecule has 0 spiro atoms. The molecule has 0 bridgehead atoms. The summed E-state index contributed by atoms with van der Waals surface area (Å²) in [5.74, 6) is -0.310. The van der Waals surface area contributed by atoms with Crippen molar-refractivity contribution in [2.75, 3.05) is 29.4 Å². The van der Waals surface area contributed by atoms with Crippen molar-refractivity contribution in [3.05, 3.63) is 100 Å². The first-order valence-corrected chi connectivity index (χ1v) is 11.3. The van der Waals surface area contributed by atoms with Crippen molar-refractivity contribution < 1.29 is 9.72 Å². The van der Waals surface area contributed by atoms with Crippen LogP contribution in [0.3, 0.4) is 0 Å². The summed E-state index contributed by atoms with van der Waals surface area (Å²) in [6.45, 7) is 2.78. The number of amides is 1. The number of nitro groups is 1. The van der Waals surface area contributed by atoms with Crippen LogP contribution in [0.25, 0.3) is 0 Å². The van der Waals surface area contributed by atoms with Gasteiger partial charge < -0.3 is 15.1 Å². The van der Waals surface area contributed by atoms with E-state index >= 15 is 0 Å². The number of benzene rings is 3. The molecule has 2 aliphatic rings. The molecule has 1 N–H and O–H groups in total. The Kier molecular flexibility index (Phi) is 5.69. The molecule has 2 atom stereocenters. The Morgan fingerprint density at radius 1 is 1.00 bits per heavy atom. The zero-order valence-electron chi connectivity index (χ0n) is 18.3. The van der Waals surface area contributed by atoms with Crippen LogP contribution in [0.5, 0.6) is 0 Å². The molecule has 1 amide bonds. The molecule has 2 aliphatic heterocycles. The summed E-state index contributed by atoms with van der Waals surface area (Å²) in [5, 5.41) is 14.5. The number of rotatable bonds is 5. The third kappa shape index (κ3) is 4.26. The van der Waals surface area contributed by atoms with E-state index in [0.717, 1.165) is 42.1 Å². The molecule has 7 nitrogen and oxygen atoms in total. The second-order valence-corrected chi connectivity index (χ2v) is 8.63. The Morgan fingerprint density at radius 3 is 2.45 bits per heavy atom. The lowest BCUT2D eigenvalue weighted by atomic mass is 9.83. The highest BCUT2D eigenvalue weighted by atomic mass is 16.6. The van der Waals surface area contributed by atoms with Crippen LogP contribution in [-0.2, 0) is 17.8 Å². The zero-order valence-corrected chi connectivity index (χ0v) is 18.3. The van der Waals surface area contributed by atoms with E-state index in [1.807, 2.05) is 54.6 Å². The van der Waals surface area contributed by atoms with Gasteiger partial charge in [0, 0.05) is 49.7 Å². The molecule has 0 unspecified atom stereocenters. The van der Waals surface area contributed by atoms with Crippen LogP contribution < -0.4 is 15.1 Å². The number of carbonyl (C=O) groups excluding carboxylic acids is 1. The maximum absolute atomic E-state index is 13.4. The number of para-hydroxylation sites is 1. The molecule has 5 rings (SSSR count). The van der Waals surface area contributed by atoms with Crippen LogP contribution in [0.2, 0.25) is 0 Å². The molecule has 168 valence electrons. The molecule has 0 radical (unpaired) electrons. The summed E-state index contributed by atoms with van der Waals surface area (Å²) >= 11 is 0. The Labute approximate surface area is 192 Å². The Balaban J connectivity index is 1.43. The van der Waals surface area contributed by atoms with E-state index < -0.39 is 0 Å². The summed E-state index contributed by atoms with van der Waals surface area (Å²) in [5.41, 5.74) is 4.14. The van der Waals surface area contributed by atoms with E-state index in [4.69, 9.17) is 0 Å². The monoisotopic (exact) mass is 442 g/mol. The number of hydrogen-bond donors (Lipinski definition) is 1. The van der Waals surface area contributed by atoms with Gasteiger partial charge in [-0.1, -0.05) is 48.5 Å². The van der Waals surface area contributed by atoms with Gasteiger partial charge in [0.05, 0.1) is 16.9 Å². The van der Waals surface area contributed by atoms with Gasteiger partial charge >= 0.3 is 0 Å². The Hall–Kier alpha value is -3.87. The second kappa shape index (κ2) is 8.94. The van der Waals surface area contributed by atoms with E-state index in [2.05, 4.69) is 27.2 Å². The molecule has 2 heterocycles. The quantitative estimate of drug-likeness (QED) is 0.481. The second-order valence-electron chi connectivity index (χ2n) is 8.63. The summed E-state index contributed by atoms with van der Waals surface area (Å²) in [4.78, 5) is 29.0. The molecule has 0 saturated carbocycles. The summed E-state index contributed by atoms with van der Waals surface area (Å²) in [6.07, 6.45) is 0.488. The van der Waals surface area contributed by atoms with Gasteiger partial charge in [0.2, 0.25) is 5.91 Å². The molecule has 1 saturated heterocycles. The van der Waals surface area contributed by atoms with Gasteiger partial charge in [-0.25, -0.2) is 0 Å². The van der Waals surface area contributed by atoms with Gasteiger partial charge in [0.25, 0.3) is 5.69 Å². The molecule has 0 aromatic heterocycles. The fourth-order valence-corrected chi connectivity index (χ4v) is 5.01. The molecule has 1 fully saturated rings. The minimum absolute atomic E-state index is 0.0105. The highest BCUT2D eigenvalue weighted by Gasteiger charge is 2.42. The predicted molar refractivity (Wildman–Crippen MR) is 128 cm³/mol. The van der Waals surface area contributed by atoms with Gasteiger partial charge in [-0.15, -0.1) is 0 Å². The number of hydrogen-bond acceptors (Lipinski definition) is 5. The molecule has 7 heteroatoms. The Bertz CT molecular complexity index is 1150. The highest BCUT2D eigenvalue weighted by Crippen LogP contribution is 2.38. The fourth-order valence-electron chi connectivity index (χ4n) is 5.01. The van der Waals surface area contributed by atoms with Crippen LogP contribution >= 0.6 is 0 Å². The molecule has 3 aromatic carbocycles. The SMILES string of the molecule is O=C(NCc1ccccc1)[C@@H]1Cc2cc([N+](=O)[O-])ccc2N2CCN(c3ccccc3)C[C@@H]12. The predicted octanol–water partition coefficient (Wildman–Crippen LogP) is 3.78. The van der Waals surface area contributed by atoms with Crippen molar-refractivity contribution >= 4 is 23.0 Å². The van der Waals surface area contributed by atoms with Crippen molar-refractivity contribution in [3.63, 3.8) is 0 Å². The maximum Gasteiger partial charge on any atom is 0.269 e. The number of anilines is 2. The van der Waals surface area contributed by atoms with Crippen molar-refractivity contribution in [1.82, 2.24) is 5.32 Å². The van der Waals surface area contributed by atoms with E-state index in [9.17, 15) is 14.9 Å². The number of nitrogens with zero attached hydrogens (tertiary/aromatic N) is 3. The van der Waals surface area contributed by atoms with Crippen molar-refractivity contribution in [3.8, 4) is 0 Å². The standard InChI is InChI=1S/C26H26N4O3/c31-26(27-17-19-7-3-1-4-8-19)23-16-20-15-22(30(32)33)11-12-24(20)29-14-13-28(18-25(23)29)21-9-5-2-6-10-21/h1-12,15,23,25H,13-14,16-18H2,(H,27,31)/t23-,25+/m1/s1. The van der Waals surface area contributed by atoms with E-state index in [1.165, 1.54) is 0 Å². The van der Waals surface area contributed by atoms with Gasteiger partial charge in [0.15, 0.2) is 0 Å². The first kappa shape index (κ1) is 21.0. The third-order valence-electron chi connectivity index (χ3n) is 6.67. The van der Waals surface area contributed by atoms with E-state index in [-0.39, 0.29) is 28.5 Å². The molecule has 0 aliphatic carbocycles. The zero-order chi connectivity index (χ0) is 22.8. The van der Waals surface area contributed by atoms with Crippen LogP contribution in [-0.4, -0.2) is 36.5 Å². The number of carbonyl (C=O) groups is 1. The molecular formula is C26H26N4O3. The van der Waals surface area contributed by atoms with Gasteiger partial charge in [-0.2, -0.15) is 0 Å². The lowest BCUT2D eigenvalue weighted by molar-refractivity contribution is -0.384. The largest absolute Gasteiger partial charge is 0.368 e. The highest BCUT2D eigenvalue weighted by molar-refractivity contribution is 5.82. The molecule has 3 aromatic rings. The third-order valence-corrected chi connectivity index (χ3v) is 6.67. The minimum atomic E-state index is -0.371. The van der Waals surface area contributed by atoms with Gasteiger partial charge in [0.1, 0.15) is 0 Å². The van der Waals surface area contributed by atoms with E-state index in [0.29, 0.717) is 13.0 Å². The van der Waals surface area contributed by atoms with Crippen molar-refractivity contribution in [1.29, 1.82) is 0 Å². The summed E-state index contributed by atoms with van der Waals surface area (Å²) in [6, 6.07) is 25.1. The van der Waals surface area contributed by atoms with Crippen molar-refractivity contribution in [2.45, 2.75) is 19.0 Å². The maximum atomic E-state index is 13.4. The average molecular weight is 443 g/mol. The normalized spacial score (nSPS) is 19.4. The van der Waals surface area contributed by atoms with Crippen LogP contribution in [0.4, 0.5) is 17.1 Å². The smallest absolute Gasteiger partial charge is 0.269 e. The van der Waals surface area contributed by atoms with E-state index in [1.54, 1.807) is 12.1 Å². The van der Waals surface area contributed by atoms with Gasteiger partial charge in [-0.05, 0) is 35.7 Å². The van der Waals surface area contributed by atoms with Crippen LogP contribution in [0, 0.1) is 16.0 Å². The minimum Gasteiger partial charge on any atom is -0.368 e. The van der Waals surface area contributed by atoms with Crippen LogP contribution in [0.1, 0.15) is 11.1 Å². The summed E-state index contributed by atoms with van der Waals surface area (Å²) in [7, 11) is 0.